The van der Waals surface area contributed by atoms with Gasteiger partial charge >= 0.3 is 0 Å². The lowest BCUT2D eigenvalue weighted by molar-refractivity contribution is 0.199. The minimum absolute atomic E-state index is 0.253. The summed E-state index contributed by atoms with van der Waals surface area (Å²) in [5.41, 5.74) is 1.67. The Morgan fingerprint density at radius 3 is 2.37 bits per heavy atom. The van der Waals surface area contributed by atoms with E-state index < -0.39 is 6.10 Å². The summed E-state index contributed by atoms with van der Waals surface area (Å²) in [7, 11) is 0. The number of pyridine rings is 1. The van der Waals surface area contributed by atoms with Gasteiger partial charge in [0.05, 0.1) is 6.10 Å². The first-order chi connectivity index (χ1) is 9.11. The quantitative estimate of drug-likeness (QED) is 0.915. The zero-order chi connectivity index (χ0) is 13.8. The fraction of sp³-hybridized carbons (Fsp3) is 0.267. The summed E-state index contributed by atoms with van der Waals surface area (Å²) >= 11 is 0. The van der Waals surface area contributed by atoms with Gasteiger partial charge in [0.1, 0.15) is 11.6 Å². The molecule has 100 valence electrons. The van der Waals surface area contributed by atoms with Crippen molar-refractivity contribution in [3.05, 3.63) is 54.0 Å². The van der Waals surface area contributed by atoms with Crippen molar-refractivity contribution in [2.45, 2.75) is 20.0 Å². The lowest BCUT2D eigenvalue weighted by Gasteiger charge is -2.22. The van der Waals surface area contributed by atoms with Gasteiger partial charge in [-0.2, -0.15) is 0 Å². The fourth-order valence-electron chi connectivity index (χ4n) is 1.90. The minimum Gasteiger partial charge on any atom is -0.389 e. The van der Waals surface area contributed by atoms with Crippen LogP contribution in [0.2, 0.25) is 0 Å². The minimum atomic E-state index is -0.526. The molecular weight excluding hydrogens is 243 g/mol. The zero-order valence-corrected chi connectivity index (χ0v) is 11.0. The summed E-state index contributed by atoms with van der Waals surface area (Å²) in [6.45, 7) is 4.44. The van der Waals surface area contributed by atoms with Crippen molar-refractivity contribution in [3.63, 3.8) is 0 Å². The predicted octanol–water partition coefficient (Wildman–Crippen LogP) is 3.43. The number of halogens is 1. The maximum absolute atomic E-state index is 12.9. The molecule has 1 N–H and O–H groups in total. The van der Waals surface area contributed by atoms with Gasteiger partial charge in [0.2, 0.25) is 0 Å². The molecule has 0 bridgehead atoms. The standard InChI is InChI=1S/C15H17FN2O/c1-3-18(14-7-5-13(16)6-8-14)15-9-4-12(10-17-15)11(2)19/h4-11,19H,3H2,1-2H3/t11-/m0/s1. The van der Waals surface area contributed by atoms with Gasteiger partial charge in [0.15, 0.2) is 0 Å². The third-order valence-corrected chi connectivity index (χ3v) is 2.98. The van der Waals surface area contributed by atoms with E-state index in [9.17, 15) is 9.50 Å². The third-order valence-electron chi connectivity index (χ3n) is 2.98. The van der Waals surface area contributed by atoms with Crippen molar-refractivity contribution in [1.82, 2.24) is 4.98 Å². The van der Waals surface area contributed by atoms with Gasteiger partial charge in [-0.25, -0.2) is 9.37 Å². The molecule has 3 nitrogen and oxygen atoms in total. The largest absolute Gasteiger partial charge is 0.389 e. The van der Waals surface area contributed by atoms with E-state index in [0.717, 1.165) is 23.6 Å². The van der Waals surface area contributed by atoms with E-state index in [0.29, 0.717) is 0 Å². The van der Waals surface area contributed by atoms with Crippen molar-refractivity contribution in [1.29, 1.82) is 0 Å². The SMILES string of the molecule is CCN(c1ccc(F)cc1)c1ccc([C@H](C)O)cn1. The van der Waals surface area contributed by atoms with Crippen molar-refractivity contribution >= 4 is 11.5 Å². The second-order valence-corrected chi connectivity index (χ2v) is 4.35. The molecule has 2 aromatic rings. The Balaban J connectivity index is 2.28. The molecule has 1 atom stereocenters. The number of rotatable bonds is 4. The Kier molecular flexibility index (Phi) is 4.12. The second-order valence-electron chi connectivity index (χ2n) is 4.35. The van der Waals surface area contributed by atoms with Crippen LogP contribution in [0.1, 0.15) is 25.5 Å². The molecular formula is C15H17FN2O. The number of anilines is 2. The monoisotopic (exact) mass is 260 g/mol. The summed E-state index contributed by atoms with van der Waals surface area (Å²) < 4.78 is 12.9. The Labute approximate surface area is 112 Å². The van der Waals surface area contributed by atoms with E-state index in [4.69, 9.17) is 0 Å². The van der Waals surface area contributed by atoms with Crippen LogP contribution >= 0.6 is 0 Å². The van der Waals surface area contributed by atoms with Crippen molar-refractivity contribution in [2.24, 2.45) is 0 Å². The molecule has 0 fully saturated rings. The number of aliphatic hydroxyl groups is 1. The molecule has 0 spiro atoms. The van der Waals surface area contributed by atoms with Crippen LogP contribution in [0.25, 0.3) is 0 Å². The molecule has 0 amide bonds. The summed E-state index contributed by atoms with van der Waals surface area (Å²) in [6, 6.07) is 10.0. The van der Waals surface area contributed by atoms with E-state index in [1.54, 1.807) is 25.3 Å². The molecule has 0 aliphatic carbocycles. The highest BCUT2D eigenvalue weighted by molar-refractivity contribution is 5.59. The topological polar surface area (TPSA) is 36.4 Å². The fourth-order valence-corrected chi connectivity index (χ4v) is 1.90. The molecule has 1 heterocycles. The van der Waals surface area contributed by atoms with Gasteiger partial charge in [0.25, 0.3) is 0 Å². The van der Waals surface area contributed by atoms with Gasteiger partial charge in [-0.1, -0.05) is 6.07 Å². The lowest BCUT2D eigenvalue weighted by Crippen LogP contribution is -2.17. The normalized spacial score (nSPS) is 12.2. The number of benzene rings is 1. The Morgan fingerprint density at radius 1 is 1.21 bits per heavy atom. The van der Waals surface area contributed by atoms with Crippen molar-refractivity contribution in [3.8, 4) is 0 Å². The van der Waals surface area contributed by atoms with Gasteiger partial charge < -0.3 is 10.0 Å². The van der Waals surface area contributed by atoms with E-state index in [2.05, 4.69) is 4.98 Å². The summed E-state index contributed by atoms with van der Waals surface area (Å²) in [5.74, 6) is 0.524. The Morgan fingerprint density at radius 2 is 1.89 bits per heavy atom. The Bertz CT molecular complexity index is 523. The molecule has 0 saturated heterocycles. The first-order valence-corrected chi connectivity index (χ1v) is 6.29. The smallest absolute Gasteiger partial charge is 0.132 e. The van der Waals surface area contributed by atoms with Crippen LogP contribution in [-0.4, -0.2) is 16.6 Å². The van der Waals surface area contributed by atoms with Crippen LogP contribution in [0.15, 0.2) is 42.6 Å². The van der Waals surface area contributed by atoms with Gasteiger partial charge in [-0.05, 0) is 49.7 Å². The average molecular weight is 260 g/mol. The first-order valence-electron chi connectivity index (χ1n) is 6.29. The van der Waals surface area contributed by atoms with Crippen LogP contribution < -0.4 is 4.90 Å². The maximum atomic E-state index is 12.9. The van der Waals surface area contributed by atoms with Crippen LogP contribution in [0.4, 0.5) is 15.9 Å². The van der Waals surface area contributed by atoms with Crippen LogP contribution in [0.5, 0.6) is 0 Å². The molecule has 0 unspecified atom stereocenters. The van der Waals surface area contributed by atoms with E-state index in [-0.39, 0.29) is 5.82 Å². The molecule has 2 rings (SSSR count). The summed E-state index contributed by atoms with van der Waals surface area (Å²) in [5, 5.41) is 9.46. The van der Waals surface area contributed by atoms with Crippen LogP contribution in [0, 0.1) is 5.82 Å². The number of aliphatic hydroxyl groups excluding tert-OH is 1. The molecule has 0 radical (unpaired) electrons. The summed E-state index contributed by atoms with van der Waals surface area (Å²) in [6.07, 6.45) is 1.13. The lowest BCUT2D eigenvalue weighted by atomic mass is 10.2. The van der Waals surface area contributed by atoms with Crippen LogP contribution in [0.3, 0.4) is 0 Å². The average Bonchev–Trinajstić information content (AvgIpc) is 2.42. The van der Waals surface area contributed by atoms with Gasteiger partial charge in [-0.3, -0.25) is 0 Å². The number of hydrogen-bond acceptors (Lipinski definition) is 3. The highest BCUT2D eigenvalue weighted by Crippen LogP contribution is 2.24. The van der Waals surface area contributed by atoms with Crippen LogP contribution in [-0.2, 0) is 0 Å². The highest BCUT2D eigenvalue weighted by Gasteiger charge is 2.09. The first kappa shape index (κ1) is 13.5. The number of nitrogens with zero attached hydrogens (tertiary/aromatic N) is 2. The molecule has 0 aliphatic rings. The molecule has 1 aromatic carbocycles. The number of aromatic nitrogens is 1. The van der Waals surface area contributed by atoms with E-state index >= 15 is 0 Å². The van der Waals surface area contributed by atoms with E-state index in [1.165, 1.54) is 12.1 Å². The maximum Gasteiger partial charge on any atom is 0.132 e. The van der Waals surface area contributed by atoms with Crippen molar-refractivity contribution < 1.29 is 9.50 Å². The molecule has 19 heavy (non-hydrogen) atoms. The van der Waals surface area contributed by atoms with Gasteiger partial charge in [0, 0.05) is 18.4 Å². The number of hydrogen-bond donors (Lipinski definition) is 1. The van der Waals surface area contributed by atoms with E-state index in [1.807, 2.05) is 24.0 Å². The molecule has 1 aromatic heterocycles. The second kappa shape index (κ2) is 5.80. The molecule has 4 heteroatoms. The predicted molar refractivity (Wildman–Crippen MR) is 74.0 cm³/mol. The molecule has 0 saturated carbocycles. The molecule has 0 aliphatic heterocycles. The summed E-state index contributed by atoms with van der Waals surface area (Å²) in [4.78, 5) is 6.32. The highest BCUT2D eigenvalue weighted by atomic mass is 19.1. The third kappa shape index (κ3) is 3.09. The van der Waals surface area contributed by atoms with Gasteiger partial charge in [-0.15, -0.1) is 0 Å². The Hall–Kier alpha value is -1.94. The zero-order valence-electron chi connectivity index (χ0n) is 11.0. The van der Waals surface area contributed by atoms with Crippen molar-refractivity contribution in [2.75, 3.05) is 11.4 Å².